The Kier molecular flexibility index (Phi) is 15.1. The third-order valence-corrected chi connectivity index (χ3v) is 18.4. The van der Waals surface area contributed by atoms with Crippen molar-refractivity contribution in [3.05, 3.63) is 141 Å². The second-order valence-electron chi connectivity index (χ2n) is 16.0. The van der Waals surface area contributed by atoms with Crippen LogP contribution in [-0.4, -0.2) is 13.2 Å². The molecule has 6 heterocycles. The Labute approximate surface area is 411 Å². The first-order valence-electron chi connectivity index (χ1n) is 22.6. The molecule has 4 nitrogen and oxygen atoms in total. The van der Waals surface area contributed by atoms with Crippen LogP contribution in [0.3, 0.4) is 0 Å². The molecule has 0 fully saturated rings. The van der Waals surface area contributed by atoms with E-state index in [0.717, 1.165) is 70.9 Å². The molecule has 9 rings (SSSR count). The third-order valence-electron chi connectivity index (χ3n) is 11.4. The van der Waals surface area contributed by atoms with E-state index < -0.39 is 0 Å². The highest BCUT2D eigenvalue weighted by Gasteiger charge is 2.22. The average molecular weight is 973 g/mol. The van der Waals surface area contributed by atoms with Crippen LogP contribution in [0.1, 0.15) is 86.1 Å². The van der Waals surface area contributed by atoms with E-state index in [1.165, 1.54) is 50.8 Å². The highest BCUT2D eigenvalue weighted by atomic mass is 32.1. The summed E-state index contributed by atoms with van der Waals surface area (Å²) in [5, 5.41) is 31.1. The molecular formula is C56H48N2O2S6. The summed E-state index contributed by atoms with van der Waals surface area (Å²) in [5.41, 5.74) is 2.30. The Morgan fingerprint density at radius 1 is 0.470 bits per heavy atom. The van der Waals surface area contributed by atoms with Crippen molar-refractivity contribution in [3.8, 4) is 62.7 Å². The van der Waals surface area contributed by atoms with Crippen molar-refractivity contribution in [1.29, 1.82) is 10.5 Å². The molecule has 9 aromatic rings. The van der Waals surface area contributed by atoms with Crippen molar-refractivity contribution < 1.29 is 9.47 Å². The molecule has 330 valence electrons. The molecule has 0 saturated carbocycles. The van der Waals surface area contributed by atoms with Crippen molar-refractivity contribution in [2.24, 2.45) is 0 Å². The highest BCUT2D eigenvalue weighted by Crippen LogP contribution is 2.49. The first kappa shape index (κ1) is 45.6. The summed E-state index contributed by atoms with van der Waals surface area (Å²) in [5.74, 6) is 1.15. The first-order chi connectivity index (χ1) is 32.6. The molecule has 0 radical (unpaired) electrons. The van der Waals surface area contributed by atoms with E-state index in [-0.39, 0.29) is 0 Å². The van der Waals surface area contributed by atoms with Gasteiger partial charge in [0, 0.05) is 61.9 Å². The summed E-state index contributed by atoms with van der Waals surface area (Å²) in [7, 11) is 0. The lowest BCUT2D eigenvalue weighted by Crippen LogP contribution is -2.05. The number of unbranched alkanes of at least 4 members (excludes halogenated alkanes) is 6. The van der Waals surface area contributed by atoms with Gasteiger partial charge in [0.15, 0.2) is 0 Å². The number of fused-ring (bicyclic) bond motifs is 2. The summed E-state index contributed by atoms with van der Waals surface area (Å²) in [6.45, 7) is 5.41. The van der Waals surface area contributed by atoms with Crippen LogP contribution in [0.25, 0.3) is 83.9 Å². The molecule has 0 saturated heterocycles. The summed E-state index contributed by atoms with van der Waals surface area (Å²) >= 11 is 10.6. The maximum absolute atomic E-state index is 10.9. The lowest BCUT2D eigenvalue weighted by Gasteiger charge is -2.17. The smallest absolute Gasteiger partial charge is 0.128 e. The monoisotopic (exact) mass is 972 g/mol. The van der Waals surface area contributed by atoms with E-state index in [1.54, 1.807) is 45.3 Å². The number of rotatable bonds is 20. The predicted molar refractivity (Wildman–Crippen MR) is 290 cm³/mol. The Morgan fingerprint density at radius 3 is 1.24 bits per heavy atom. The second-order valence-corrected chi connectivity index (χ2v) is 22.1. The van der Waals surface area contributed by atoms with Crippen LogP contribution in [-0.2, 0) is 0 Å². The van der Waals surface area contributed by atoms with Gasteiger partial charge in [0.2, 0.25) is 0 Å². The Balaban J connectivity index is 1.10. The summed E-state index contributed by atoms with van der Waals surface area (Å²) in [6.07, 6.45) is 12.4. The number of allylic oxidation sites excluding steroid dienone is 2. The number of benzene rings is 3. The van der Waals surface area contributed by atoms with E-state index in [2.05, 4.69) is 134 Å². The minimum absolute atomic E-state index is 0.486. The first-order valence-corrected chi connectivity index (χ1v) is 27.6. The van der Waals surface area contributed by atoms with E-state index in [1.807, 2.05) is 47.0 Å². The van der Waals surface area contributed by atoms with Crippen molar-refractivity contribution in [1.82, 2.24) is 0 Å². The van der Waals surface area contributed by atoms with Crippen molar-refractivity contribution in [3.63, 3.8) is 0 Å². The molecule has 0 N–H and O–H groups in total. The van der Waals surface area contributed by atoms with Gasteiger partial charge in [-0.1, -0.05) is 113 Å². The average Bonchev–Trinajstić information content (AvgIpc) is 4.21. The van der Waals surface area contributed by atoms with E-state index in [9.17, 15) is 10.5 Å². The number of thiophene rings is 6. The largest absolute Gasteiger partial charge is 0.493 e. The molecule has 0 bridgehead atoms. The molecule has 0 spiro atoms. The summed E-state index contributed by atoms with van der Waals surface area (Å²) in [4.78, 5) is 11.9. The summed E-state index contributed by atoms with van der Waals surface area (Å²) < 4.78 is 13.3. The van der Waals surface area contributed by atoms with Gasteiger partial charge in [0.05, 0.1) is 56.0 Å². The fourth-order valence-corrected chi connectivity index (χ4v) is 14.5. The number of hydrogen-bond donors (Lipinski definition) is 0. The van der Waals surface area contributed by atoms with Gasteiger partial charge < -0.3 is 9.47 Å². The zero-order valence-corrected chi connectivity index (χ0v) is 41.8. The number of nitrogens with zero attached hydrogens (tertiary/aromatic N) is 2. The van der Waals surface area contributed by atoms with Gasteiger partial charge in [-0.05, 0) is 84.3 Å². The zero-order chi connectivity index (χ0) is 45.2. The van der Waals surface area contributed by atoms with Crippen LogP contribution in [0, 0.1) is 22.7 Å². The van der Waals surface area contributed by atoms with Gasteiger partial charge in [-0.2, -0.15) is 10.5 Å². The molecule has 6 aromatic heterocycles. The normalized spacial score (nSPS) is 11.9. The van der Waals surface area contributed by atoms with Crippen LogP contribution in [0.4, 0.5) is 0 Å². The maximum Gasteiger partial charge on any atom is 0.128 e. The molecule has 0 aliphatic carbocycles. The van der Waals surface area contributed by atoms with Gasteiger partial charge in [-0.3, -0.25) is 0 Å². The lowest BCUT2D eigenvalue weighted by atomic mass is 9.97. The van der Waals surface area contributed by atoms with Crippen molar-refractivity contribution in [2.45, 2.75) is 65.2 Å². The molecule has 3 aromatic carbocycles. The molecule has 0 aliphatic rings. The maximum atomic E-state index is 10.9. The standard InChI is InChI=1S/C56H48N2O2S6/c1-3-5-7-13-27-59-47-33-46(38(36-58)32-40-24-26-52(64-40)56-44-20-12-10-18-42(44)54(66-56)50-22-16-30-62-50)48(60-28-14-8-6-4-2)34-45(47)37(35-57)31-39-23-25-51(63-39)55-43-19-11-9-17-41(43)53(65-55)49-21-15-29-61-49/h9-12,15-26,29-34H,3-8,13-14,27-28H2,1-2H3/b37-31+,38-32+. The number of nitriles is 2. The van der Waals surface area contributed by atoms with Crippen molar-refractivity contribution >= 4 is 113 Å². The summed E-state index contributed by atoms with van der Waals surface area (Å²) in [6, 6.07) is 43.4. The molecule has 0 amide bonds. The van der Waals surface area contributed by atoms with E-state index in [4.69, 9.17) is 9.47 Å². The van der Waals surface area contributed by atoms with Gasteiger partial charge in [0.1, 0.15) is 11.5 Å². The lowest BCUT2D eigenvalue weighted by molar-refractivity contribution is 0.295. The Bertz CT molecular complexity index is 3000. The molecule has 0 atom stereocenters. The third kappa shape index (κ3) is 10.1. The van der Waals surface area contributed by atoms with Gasteiger partial charge in [-0.15, -0.1) is 68.0 Å². The quantitative estimate of drug-likeness (QED) is 0.0564. The minimum atomic E-state index is 0.486. The van der Waals surface area contributed by atoms with Crippen LogP contribution in [0.2, 0.25) is 0 Å². The fraction of sp³-hybridized carbons (Fsp3) is 0.214. The van der Waals surface area contributed by atoms with Gasteiger partial charge in [-0.25, -0.2) is 0 Å². The van der Waals surface area contributed by atoms with Crippen LogP contribution >= 0.6 is 68.0 Å². The van der Waals surface area contributed by atoms with E-state index in [0.29, 0.717) is 47.0 Å². The second kappa shape index (κ2) is 21.8. The van der Waals surface area contributed by atoms with Crippen LogP contribution in [0.5, 0.6) is 11.5 Å². The van der Waals surface area contributed by atoms with Crippen LogP contribution < -0.4 is 9.47 Å². The zero-order valence-electron chi connectivity index (χ0n) is 36.9. The molecule has 10 heteroatoms. The fourth-order valence-electron chi connectivity index (χ4n) is 8.10. The molecular weight excluding hydrogens is 925 g/mol. The number of ether oxygens (including phenoxy) is 2. The molecule has 0 unspecified atom stereocenters. The molecule has 66 heavy (non-hydrogen) atoms. The minimum Gasteiger partial charge on any atom is -0.493 e. The number of hydrogen-bond acceptors (Lipinski definition) is 10. The van der Waals surface area contributed by atoms with Crippen molar-refractivity contribution in [2.75, 3.05) is 13.2 Å². The van der Waals surface area contributed by atoms with Gasteiger partial charge in [0.25, 0.3) is 0 Å². The molecule has 0 aliphatic heterocycles. The topological polar surface area (TPSA) is 66.0 Å². The SMILES string of the molecule is CCCCCCOc1cc(/C(C#N)=C/c2ccc(-c3sc(-c4cccs4)c4ccccc34)s2)c(OCCCCCC)cc1/C(C#N)=C/c1ccc(-c2sc(-c3cccs3)c3ccccc23)s1. The highest BCUT2D eigenvalue weighted by molar-refractivity contribution is 7.28. The predicted octanol–water partition coefficient (Wildman–Crippen LogP) is 19.1. The van der Waals surface area contributed by atoms with Gasteiger partial charge >= 0.3 is 0 Å². The Hall–Kier alpha value is -5.56. The Morgan fingerprint density at radius 2 is 0.879 bits per heavy atom. The van der Waals surface area contributed by atoms with E-state index >= 15 is 0 Å². The van der Waals surface area contributed by atoms with Crippen LogP contribution in [0.15, 0.2) is 120 Å².